The van der Waals surface area contributed by atoms with Crippen molar-refractivity contribution in [3.05, 3.63) is 94.5 Å². The average molecular weight is 623 g/mol. The molecular formula is C34H30N4O8. The van der Waals surface area contributed by atoms with E-state index in [-0.39, 0.29) is 19.8 Å². The average Bonchev–Trinajstić information content (AvgIpc) is 3.58. The third-order valence-electron chi connectivity index (χ3n) is 7.71. The maximum absolute atomic E-state index is 11.5. The van der Waals surface area contributed by atoms with E-state index in [1.165, 1.54) is 0 Å². The van der Waals surface area contributed by atoms with Gasteiger partial charge in [0.1, 0.15) is 43.7 Å². The molecule has 0 saturated heterocycles. The molecule has 12 heteroatoms. The summed E-state index contributed by atoms with van der Waals surface area (Å²) in [6.07, 6.45) is 0. The Bertz CT molecular complexity index is 1930. The highest BCUT2D eigenvalue weighted by Crippen LogP contribution is 2.38. The second-order valence-corrected chi connectivity index (χ2v) is 10.6. The minimum atomic E-state index is -1.21. The fourth-order valence-corrected chi connectivity index (χ4v) is 5.22. The lowest BCUT2D eigenvalue weighted by Crippen LogP contribution is -2.39. The molecule has 0 bridgehead atoms. The molecule has 6 rings (SSSR count). The van der Waals surface area contributed by atoms with Crippen molar-refractivity contribution < 1.29 is 38.6 Å². The normalized spacial score (nSPS) is 12.8. The summed E-state index contributed by atoms with van der Waals surface area (Å²) in [4.78, 5) is 11.5. The largest absolute Gasteiger partial charge is 0.488 e. The molecule has 12 nitrogen and oxygen atoms in total. The fourth-order valence-electron chi connectivity index (χ4n) is 5.22. The summed E-state index contributed by atoms with van der Waals surface area (Å²) in [6.45, 7) is 2.72. The number of nitrogens with one attached hydrogen (secondary N) is 1. The summed E-state index contributed by atoms with van der Waals surface area (Å²) in [7, 11) is 0. The number of aliphatic carboxylic acids is 1. The zero-order chi connectivity index (χ0) is 32.0. The van der Waals surface area contributed by atoms with Crippen LogP contribution in [0.3, 0.4) is 0 Å². The van der Waals surface area contributed by atoms with Crippen LogP contribution in [0.25, 0.3) is 22.2 Å². The fraction of sp³-hybridized carbons (Fsp3) is 0.235. The summed E-state index contributed by atoms with van der Waals surface area (Å²) in [5.74, 6) is 0.919. The predicted molar refractivity (Wildman–Crippen MR) is 165 cm³/mol. The maximum Gasteiger partial charge on any atom is 0.323 e. The number of aromatic nitrogens is 2. The van der Waals surface area contributed by atoms with E-state index in [2.05, 4.69) is 21.7 Å². The third-order valence-corrected chi connectivity index (χ3v) is 7.71. The summed E-state index contributed by atoms with van der Waals surface area (Å²) in [6, 6.07) is 21.4. The number of carboxylic acid groups (broad SMARTS) is 1. The molecule has 1 atom stereocenters. The summed E-state index contributed by atoms with van der Waals surface area (Å²) in [5.41, 5.74) is 6.32. The summed E-state index contributed by atoms with van der Waals surface area (Å²) < 4.78 is 29.0. The minimum Gasteiger partial charge on any atom is -0.488 e. The van der Waals surface area contributed by atoms with Crippen LogP contribution in [-0.2, 0) is 24.6 Å². The molecule has 234 valence electrons. The molecule has 1 aliphatic heterocycles. The summed E-state index contributed by atoms with van der Waals surface area (Å²) >= 11 is 0. The van der Waals surface area contributed by atoms with Gasteiger partial charge >= 0.3 is 5.97 Å². The minimum absolute atomic E-state index is 0.0211. The van der Waals surface area contributed by atoms with E-state index >= 15 is 0 Å². The highest BCUT2D eigenvalue weighted by atomic mass is 16.6. The standard InChI is InChI=1S/C34H30N4O8/c1-20-24(6-3-7-25(20)23-8-9-28-30(13-23)43-11-10-42-28)19-45-31-14-29(44-18-22-5-2-4-21(12-22)15-35)26(32-33(31)38-46-37-32)16-36-27(17-39)34(40)41/h2-9,12-14,27,36,39H,10-11,16-19H2,1H3,(H,40,41). The van der Waals surface area contributed by atoms with Gasteiger partial charge in [-0.2, -0.15) is 5.26 Å². The molecule has 4 aromatic carbocycles. The predicted octanol–water partition coefficient (Wildman–Crippen LogP) is 4.53. The molecule has 1 unspecified atom stereocenters. The van der Waals surface area contributed by atoms with Gasteiger partial charge in [0, 0.05) is 18.2 Å². The first-order valence-corrected chi connectivity index (χ1v) is 14.5. The van der Waals surface area contributed by atoms with E-state index in [0.717, 1.165) is 33.6 Å². The van der Waals surface area contributed by atoms with Crippen LogP contribution in [0.5, 0.6) is 23.0 Å². The Kier molecular flexibility index (Phi) is 8.96. The molecule has 5 aromatic rings. The van der Waals surface area contributed by atoms with Gasteiger partial charge in [-0.15, -0.1) is 0 Å². The topological polar surface area (TPSA) is 169 Å². The van der Waals surface area contributed by atoms with Crippen molar-refractivity contribution in [3.63, 3.8) is 0 Å². The molecule has 46 heavy (non-hydrogen) atoms. The van der Waals surface area contributed by atoms with Gasteiger partial charge in [-0.3, -0.25) is 10.1 Å². The number of aliphatic hydroxyl groups is 1. The van der Waals surface area contributed by atoms with Crippen molar-refractivity contribution in [2.24, 2.45) is 0 Å². The van der Waals surface area contributed by atoms with E-state index in [4.69, 9.17) is 23.6 Å². The van der Waals surface area contributed by atoms with Crippen LogP contribution in [0.4, 0.5) is 0 Å². The summed E-state index contributed by atoms with van der Waals surface area (Å²) in [5, 5.41) is 39.2. The van der Waals surface area contributed by atoms with Crippen LogP contribution in [0.15, 0.2) is 71.4 Å². The third kappa shape index (κ3) is 6.41. The Morgan fingerprint density at radius 2 is 1.76 bits per heavy atom. The molecule has 0 fully saturated rings. The van der Waals surface area contributed by atoms with Gasteiger partial charge in [-0.1, -0.05) is 36.4 Å². The number of carbonyl (C=O) groups is 1. The van der Waals surface area contributed by atoms with Crippen LogP contribution in [0.1, 0.15) is 27.8 Å². The first-order chi connectivity index (χ1) is 22.4. The molecule has 1 aliphatic rings. The van der Waals surface area contributed by atoms with E-state index in [1.54, 1.807) is 24.3 Å². The quantitative estimate of drug-likeness (QED) is 0.178. The van der Waals surface area contributed by atoms with E-state index < -0.39 is 18.6 Å². The lowest BCUT2D eigenvalue weighted by Gasteiger charge is -2.20. The molecular weight excluding hydrogens is 592 g/mol. The van der Waals surface area contributed by atoms with Gasteiger partial charge in [0.15, 0.2) is 22.8 Å². The highest BCUT2D eigenvalue weighted by Gasteiger charge is 2.23. The molecule has 0 saturated carbocycles. The zero-order valence-electron chi connectivity index (χ0n) is 24.9. The lowest BCUT2D eigenvalue weighted by atomic mass is 9.96. The van der Waals surface area contributed by atoms with Crippen LogP contribution < -0.4 is 24.3 Å². The number of fused-ring (bicyclic) bond motifs is 2. The number of aliphatic hydroxyl groups excluding tert-OH is 1. The van der Waals surface area contributed by atoms with Gasteiger partial charge in [0.05, 0.1) is 18.2 Å². The van der Waals surface area contributed by atoms with Gasteiger partial charge < -0.3 is 29.2 Å². The van der Waals surface area contributed by atoms with Crippen molar-refractivity contribution in [3.8, 4) is 40.2 Å². The van der Waals surface area contributed by atoms with Crippen molar-refractivity contribution in [2.75, 3.05) is 19.8 Å². The van der Waals surface area contributed by atoms with Crippen molar-refractivity contribution in [2.45, 2.75) is 32.7 Å². The van der Waals surface area contributed by atoms with Gasteiger partial charge in [-0.05, 0) is 69.3 Å². The molecule has 3 N–H and O–H groups in total. The van der Waals surface area contributed by atoms with Gasteiger partial charge in [0.2, 0.25) is 0 Å². The van der Waals surface area contributed by atoms with Crippen molar-refractivity contribution in [1.82, 2.24) is 15.6 Å². The first-order valence-electron chi connectivity index (χ1n) is 14.5. The highest BCUT2D eigenvalue weighted by molar-refractivity contribution is 5.86. The number of nitriles is 1. The number of carboxylic acids is 1. The SMILES string of the molecule is Cc1c(COc2cc(OCc3cccc(C#N)c3)c(CNC(CO)C(=O)O)c3nonc23)cccc1-c1ccc2c(c1)OCCO2. The monoisotopic (exact) mass is 622 g/mol. The van der Waals surface area contributed by atoms with Gasteiger partial charge in [-0.25, -0.2) is 4.63 Å². The second-order valence-electron chi connectivity index (χ2n) is 10.6. The number of ether oxygens (including phenoxy) is 4. The molecule has 2 heterocycles. The van der Waals surface area contributed by atoms with Gasteiger partial charge in [0.25, 0.3) is 0 Å². The Hall–Kier alpha value is -5.64. The van der Waals surface area contributed by atoms with Crippen LogP contribution in [0, 0.1) is 18.3 Å². The van der Waals surface area contributed by atoms with Crippen LogP contribution >= 0.6 is 0 Å². The second kappa shape index (κ2) is 13.6. The van der Waals surface area contributed by atoms with E-state index in [1.807, 2.05) is 49.4 Å². The number of rotatable bonds is 12. The number of hydrogen-bond acceptors (Lipinski definition) is 11. The maximum atomic E-state index is 11.5. The molecule has 0 amide bonds. The van der Waals surface area contributed by atoms with E-state index in [9.17, 15) is 20.3 Å². The van der Waals surface area contributed by atoms with Crippen LogP contribution in [0.2, 0.25) is 0 Å². The smallest absolute Gasteiger partial charge is 0.323 e. The Labute approximate surface area is 263 Å². The molecule has 1 aromatic heterocycles. The molecule has 0 aliphatic carbocycles. The molecule has 0 spiro atoms. The zero-order valence-corrected chi connectivity index (χ0v) is 24.9. The number of benzene rings is 4. The first kappa shape index (κ1) is 30.4. The molecule has 0 radical (unpaired) electrons. The Morgan fingerprint density at radius 3 is 2.57 bits per heavy atom. The Morgan fingerprint density at radius 1 is 0.978 bits per heavy atom. The number of hydrogen-bond donors (Lipinski definition) is 3. The number of nitrogens with zero attached hydrogens (tertiary/aromatic N) is 3. The van der Waals surface area contributed by atoms with Crippen LogP contribution in [-0.4, -0.2) is 52.4 Å². The Balaban J connectivity index is 1.30. The lowest BCUT2D eigenvalue weighted by molar-refractivity contribution is -0.140. The van der Waals surface area contributed by atoms with Crippen molar-refractivity contribution >= 4 is 17.0 Å². The van der Waals surface area contributed by atoms with E-state index in [0.29, 0.717) is 52.6 Å². The van der Waals surface area contributed by atoms with Crippen molar-refractivity contribution in [1.29, 1.82) is 5.26 Å².